The van der Waals surface area contributed by atoms with Crippen LogP contribution in [0.5, 0.6) is 0 Å². The monoisotopic (exact) mass is 320 g/mol. The number of nitrogens with one attached hydrogen (secondary N) is 2. The van der Waals surface area contributed by atoms with Crippen LogP contribution in [-0.4, -0.2) is 19.6 Å². The second-order valence-corrected chi connectivity index (χ2v) is 5.89. The molecule has 21 heavy (non-hydrogen) atoms. The minimum atomic E-state index is -0.327. The zero-order chi connectivity index (χ0) is 15.1. The second-order valence-electron chi connectivity index (χ2n) is 5.07. The number of aromatic amines is 2. The molecule has 1 aromatic carbocycles. The second kappa shape index (κ2) is 5.13. The summed E-state index contributed by atoms with van der Waals surface area (Å²) in [5, 5.41) is 3.76. The SMILES string of the molecule is CC(C)c1[nH]n2c(=O)[nH]c(=S)nc2c1-c1ccc(Cl)cc1. The molecule has 2 N–H and O–H groups in total. The Morgan fingerprint density at radius 3 is 2.57 bits per heavy atom. The van der Waals surface area contributed by atoms with Crippen molar-refractivity contribution in [1.82, 2.24) is 19.6 Å². The maximum Gasteiger partial charge on any atom is 0.348 e. The zero-order valence-electron chi connectivity index (χ0n) is 11.5. The fourth-order valence-electron chi connectivity index (χ4n) is 2.30. The van der Waals surface area contributed by atoms with Crippen LogP contribution in [0.25, 0.3) is 16.8 Å². The quantitative estimate of drug-likeness (QED) is 0.710. The van der Waals surface area contributed by atoms with Gasteiger partial charge in [-0.25, -0.2) is 4.79 Å². The van der Waals surface area contributed by atoms with Crippen molar-refractivity contribution in [3.05, 3.63) is 50.2 Å². The summed E-state index contributed by atoms with van der Waals surface area (Å²) >= 11 is 11.0. The standard InChI is InChI=1S/C14H13ClN4OS/c1-7(2)11-10(8-3-5-9(15)6-4-8)12-16-13(21)17-14(20)19(12)18-11/h3-7,18H,1-2H3,(H,17,20,21). The molecule has 7 heteroatoms. The molecule has 0 spiro atoms. The number of halogens is 1. The third kappa shape index (κ3) is 2.41. The van der Waals surface area contributed by atoms with Gasteiger partial charge in [-0.05, 0) is 35.8 Å². The number of rotatable bonds is 2. The highest BCUT2D eigenvalue weighted by molar-refractivity contribution is 7.71. The number of hydrogen-bond donors (Lipinski definition) is 2. The Kier molecular flexibility index (Phi) is 3.43. The predicted octanol–water partition coefficient (Wildman–Crippen LogP) is 3.52. The van der Waals surface area contributed by atoms with Crippen LogP contribution in [0.2, 0.25) is 5.02 Å². The van der Waals surface area contributed by atoms with E-state index in [-0.39, 0.29) is 16.4 Å². The van der Waals surface area contributed by atoms with Crippen molar-refractivity contribution >= 4 is 29.5 Å². The first-order chi connectivity index (χ1) is 9.97. The average Bonchev–Trinajstić information content (AvgIpc) is 2.79. The van der Waals surface area contributed by atoms with E-state index >= 15 is 0 Å². The molecule has 108 valence electrons. The Balaban J connectivity index is 2.43. The molecule has 0 aliphatic heterocycles. The number of aromatic nitrogens is 4. The van der Waals surface area contributed by atoms with Gasteiger partial charge in [-0.15, -0.1) is 0 Å². The molecule has 0 amide bonds. The summed E-state index contributed by atoms with van der Waals surface area (Å²) in [5.74, 6) is 0.199. The van der Waals surface area contributed by atoms with Crippen LogP contribution in [0.3, 0.4) is 0 Å². The third-order valence-corrected chi connectivity index (χ3v) is 3.72. The van der Waals surface area contributed by atoms with Crippen molar-refractivity contribution in [2.75, 3.05) is 0 Å². The van der Waals surface area contributed by atoms with Crippen LogP contribution >= 0.6 is 23.8 Å². The van der Waals surface area contributed by atoms with Crippen molar-refractivity contribution in [1.29, 1.82) is 0 Å². The highest BCUT2D eigenvalue weighted by Crippen LogP contribution is 2.31. The highest BCUT2D eigenvalue weighted by Gasteiger charge is 2.18. The summed E-state index contributed by atoms with van der Waals surface area (Å²) in [6, 6.07) is 7.44. The highest BCUT2D eigenvalue weighted by atomic mass is 35.5. The fraction of sp³-hybridized carbons (Fsp3) is 0.214. The van der Waals surface area contributed by atoms with E-state index in [9.17, 15) is 4.79 Å². The van der Waals surface area contributed by atoms with Gasteiger partial charge in [-0.1, -0.05) is 37.6 Å². The molecule has 3 rings (SSSR count). The van der Waals surface area contributed by atoms with Crippen LogP contribution in [0, 0.1) is 4.77 Å². The van der Waals surface area contributed by atoms with E-state index in [0.29, 0.717) is 10.7 Å². The summed E-state index contributed by atoms with van der Waals surface area (Å²) in [7, 11) is 0. The van der Waals surface area contributed by atoms with Crippen molar-refractivity contribution in [2.45, 2.75) is 19.8 Å². The van der Waals surface area contributed by atoms with Gasteiger partial charge in [0.2, 0.25) is 4.77 Å². The lowest BCUT2D eigenvalue weighted by Gasteiger charge is -2.06. The van der Waals surface area contributed by atoms with Gasteiger partial charge in [-0.2, -0.15) is 9.50 Å². The van der Waals surface area contributed by atoms with Gasteiger partial charge in [-0.3, -0.25) is 10.1 Å². The first-order valence-electron chi connectivity index (χ1n) is 6.48. The first-order valence-corrected chi connectivity index (χ1v) is 7.27. The summed E-state index contributed by atoms with van der Waals surface area (Å²) in [6.07, 6.45) is 0. The van der Waals surface area contributed by atoms with Gasteiger partial charge >= 0.3 is 5.69 Å². The smallest absolute Gasteiger partial charge is 0.292 e. The third-order valence-electron chi connectivity index (χ3n) is 3.27. The number of fused-ring (bicyclic) bond motifs is 1. The molecule has 0 aliphatic carbocycles. The Hall–Kier alpha value is -1.92. The van der Waals surface area contributed by atoms with Crippen LogP contribution in [0.4, 0.5) is 0 Å². The summed E-state index contributed by atoms with van der Waals surface area (Å²) < 4.78 is 1.55. The van der Waals surface area contributed by atoms with Gasteiger partial charge < -0.3 is 0 Å². The predicted molar refractivity (Wildman–Crippen MR) is 85.5 cm³/mol. The zero-order valence-corrected chi connectivity index (χ0v) is 13.0. The lowest BCUT2D eigenvalue weighted by molar-refractivity contribution is 0.759. The molecule has 2 heterocycles. The molecule has 0 atom stereocenters. The van der Waals surface area contributed by atoms with E-state index in [1.807, 2.05) is 38.1 Å². The molecule has 0 saturated heterocycles. The van der Waals surface area contributed by atoms with Crippen molar-refractivity contribution < 1.29 is 0 Å². The number of nitrogens with zero attached hydrogens (tertiary/aromatic N) is 2. The number of benzene rings is 1. The summed E-state index contributed by atoms with van der Waals surface area (Å²) in [6.45, 7) is 4.10. The largest absolute Gasteiger partial charge is 0.348 e. The average molecular weight is 321 g/mol. The van der Waals surface area contributed by atoms with Gasteiger partial charge in [0.15, 0.2) is 5.65 Å². The van der Waals surface area contributed by atoms with Crippen LogP contribution in [0.1, 0.15) is 25.5 Å². The van der Waals surface area contributed by atoms with Gasteiger partial charge in [0, 0.05) is 16.3 Å². The van der Waals surface area contributed by atoms with Gasteiger partial charge in [0.25, 0.3) is 0 Å². The Morgan fingerprint density at radius 1 is 1.29 bits per heavy atom. The Bertz CT molecular complexity index is 921. The Labute approximate surface area is 130 Å². The van der Waals surface area contributed by atoms with Gasteiger partial charge in [0.1, 0.15) is 0 Å². The Morgan fingerprint density at radius 2 is 1.95 bits per heavy atom. The number of hydrogen-bond acceptors (Lipinski definition) is 3. The van der Waals surface area contributed by atoms with Crippen molar-refractivity contribution in [2.24, 2.45) is 0 Å². The molecule has 2 aromatic heterocycles. The molecule has 3 aromatic rings. The lowest BCUT2D eigenvalue weighted by Crippen LogP contribution is -2.18. The molecular weight excluding hydrogens is 308 g/mol. The summed E-state index contributed by atoms with van der Waals surface area (Å²) in [4.78, 5) is 18.8. The fourth-order valence-corrected chi connectivity index (χ4v) is 2.60. The van der Waals surface area contributed by atoms with E-state index in [1.165, 1.54) is 4.52 Å². The minimum Gasteiger partial charge on any atom is -0.292 e. The maximum atomic E-state index is 12.0. The molecular formula is C14H13ClN4OS. The van der Waals surface area contributed by atoms with Crippen molar-refractivity contribution in [3.63, 3.8) is 0 Å². The van der Waals surface area contributed by atoms with E-state index in [2.05, 4.69) is 15.1 Å². The van der Waals surface area contributed by atoms with Crippen LogP contribution in [0.15, 0.2) is 29.1 Å². The van der Waals surface area contributed by atoms with E-state index in [0.717, 1.165) is 16.8 Å². The number of H-pyrrole nitrogens is 2. The van der Waals surface area contributed by atoms with Gasteiger partial charge in [0.05, 0.1) is 0 Å². The van der Waals surface area contributed by atoms with E-state index in [4.69, 9.17) is 23.8 Å². The van der Waals surface area contributed by atoms with Crippen LogP contribution < -0.4 is 5.69 Å². The minimum absolute atomic E-state index is 0.171. The summed E-state index contributed by atoms with van der Waals surface area (Å²) in [5.41, 5.74) is 2.94. The van der Waals surface area contributed by atoms with Crippen LogP contribution in [-0.2, 0) is 0 Å². The molecule has 0 fully saturated rings. The molecule has 0 unspecified atom stereocenters. The maximum absolute atomic E-state index is 12.0. The molecule has 0 radical (unpaired) electrons. The van der Waals surface area contributed by atoms with E-state index in [1.54, 1.807) is 0 Å². The molecule has 0 bridgehead atoms. The van der Waals surface area contributed by atoms with Crippen molar-refractivity contribution in [3.8, 4) is 11.1 Å². The van der Waals surface area contributed by atoms with E-state index < -0.39 is 0 Å². The molecule has 5 nitrogen and oxygen atoms in total. The first kappa shape index (κ1) is 14.0. The normalized spacial score (nSPS) is 11.4. The molecule has 0 aliphatic rings. The lowest BCUT2D eigenvalue weighted by atomic mass is 10.00. The topological polar surface area (TPSA) is 65.9 Å². The molecule has 0 saturated carbocycles.